The molecule has 1 aliphatic carbocycles. The van der Waals surface area contributed by atoms with Crippen LogP contribution in [-0.2, 0) is 5.41 Å². The third-order valence-corrected chi connectivity index (χ3v) is 12.3. The molecular formula is C58H38. The van der Waals surface area contributed by atoms with Gasteiger partial charge in [-0.05, 0) is 156 Å². The normalized spacial score (nSPS) is 18.2. The first kappa shape index (κ1) is 19.9. The molecule has 0 saturated carbocycles. The van der Waals surface area contributed by atoms with Crippen LogP contribution in [0.25, 0.3) is 120 Å². The first-order valence-corrected chi connectivity index (χ1v) is 19.2. The fourth-order valence-corrected chi connectivity index (χ4v) is 9.68. The van der Waals surface area contributed by atoms with Gasteiger partial charge in [0, 0.05) is 13.6 Å². The molecule has 0 heteroatoms. The second-order valence-corrected chi connectivity index (χ2v) is 15.4. The van der Waals surface area contributed by atoms with E-state index < -0.39 is 119 Å². The van der Waals surface area contributed by atoms with Gasteiger partial charge in [-0.1, -0.05) is 177 Å². The summed E-state index contributed by atoms with van der Waals surface area (Å²) in [6, 6.07) is 27.0. The van der Waals surface area contributed by atoms with Crippen molar-refractivity contribution in [2.24, 2.45) is 0 Å². The molecule has 0 unspecified atom stereocenters. The molecule has 0 atom stereocenters. The third kappa shape index (κ3) is 4.19. The van der Waals surface area contributed by atoms with Crippen molar-refractivity contribution in [2.75, 3.05) is 0 Å². The minimum absolute atomic E-state index is 0.0131. The SMILES string of the molecule is [2H]c1c([2H])c2c(c([2H])c1-c1ccc3ccc4cccc5ccc1c3c45)C(C([2H])([2H])[2H])(C([2H])([2H])[2H])c1c([2H])c(-c3c([2H])c([2H])c(-c4ccc5ccc6cccc7ccc4c5c67)c4c([2H])c([2H])c([2H])c(C)c34)c([2H])c([2H])c1-2. The third-order valence-electron chi connectivity index (χ3n) is 12.3. The maximum Gasteiger partial charge on any atom is 0.0633 e. The maximum atomic E-state index is 10.2. The summed E-state index contributed by atoms with van der Waals surface area (Å²) in [6.45, 7) is -5.90. The summed E-state index contributed by atoms with van der Waals surface area (Å²) in [7, 11) is 0. The zero-order chi connectivity index (χ0) is 53.0. The molecule has 0 aliphatic heterocycles. The van der Waals surface area contributed by atoms with Crippen LogP contribution >= 0.6 is 0 Å². The average molecular weight is 752 g/mol. The Morgan fingerprint density at radius 1 is 0.379 bits per heavy atom. The topological polar surface area (TPSA) is 0 Å². The Labute approximate surface area is 361 Å². The summed E-state index contributed by atoms with van der Waals surface area (Å²) in [5, 5.41) is 9.96. The Kier molecular flexibility index (Phi) is 3.88. The van der Waals surface area contributed by atoms with Crippen LogP contribution in [0.4, 0.5) is 0 Å². The summed E-state index contributed by atoms with van der Waals surface area (Å²) >= 11 is 0. The van der Waals surface area contributed by atoms with E-state index >= 15 is 0 Å². The number of fused-ring (bicyclic) bond motifs is 4. The van der Waals surface area contributed by atoms with Crippen LogP contribution < -0.4 is 0 Å². The zero-order valence-electron chi connectivity index (χ0n) is 47.9. The Morgan fingerprint density at radius 2 is 0.845 bits per heavy atom. The minimum Gasteiger partial charge on any atom is -0.0613 e. The van der Waals surface area contributed by atoms with E-state index in [1.807, 2.05) is 91.0 Å². The van der Waals surface area contributed by atoms with Crippen LogP contribution in [-0.4, -0.2) is 0 Å². The van der Waals surface area contributed by atoms with Gasteiger partial charge in [0.15, 0.2) is 0 Å². The lowest BCUT2D eigenvalue weighted by Gasteiger charge is -2.23. The standard InChI is InChI=1S/C58H38/c1-33-7-4-12-48-45(44-24-18-39-16-14-35-9-6-11-37-20-28-50(44)57(39)55(35)37)30-29-43(53(33)48)41-22-26-47-46-25-21-40(31-51(46)58(2,3)52(47)32-41)42-23-17-38-15-13-34-8-5-10-36-19-27-49(42)56(38)54(34)36/h4-32H,1-3H3/i2D3,3D3,4D,7D,12D,21D,22D,25D,26D,29D,30D,31D,32D. The lowest BCUT2D eigenvalue weighted by molar-refractivity contribution is 0.661. The van der Waals surface area contributed by atoms with Gasteiger partial charge in [-0.25, -0.2) is 0 Å². The van der Waals surface area contributed by atoms with E-state index in [-0.39, 0.29) is 33.0 Å². The van der Waals surface area contributed by atoms with E-state index in [0.29, 0.717) is 16.3 Å². The van der Waals surface area contributed by atoms with Gasteiger partial charge in [0.05, 0.1) is 15.1 Å². The highest BCUT2D eigenvalue weighted by Crippen LogP contribution is 2.52. The van der Waals surface area contributed by atoms with Crippen LogP contribution in [0, 0.1) is 6.92 Å². The summed E-state index contributed by atoms with van der Waals surface area (Å²) in [4.78, 5) is 0. The Bertz CT molecular complexity index is 4540. The van der Waals surface area contributed by atoms with E-state index in [4.69, 9.17) is 2.74 Å². The van der Waals surface area contributed by atoms with Gasteiger partial charge in [0.2, 0.25) is 0 Å². The van der Waals surface area contributed by atoms with Gasteiger partial charge in [-0.15, -0.1) is 0 Å². The maximum absolute atomic E-state index is 10.2. The van der Waals surface area contributed by atoms with Crippen LogP contribution in [0.15, 0.2) is 176 Å². The Balaban J connectivity index is 1.15. The summed E-state index contributed by atoms with van der Waals surface area (Å²) in [5.41, 5.74) is -6.60. The molecule has 0 heterocycles. The lowest BCUT2D eigenvalue weighted by Crippen LogP contribution is -2.15. The fraction of sp³-hybridized carbons (Fsp3) is 0.0690. The molecular weight excluding hydrogens is 697 g/mol. The predicted octanol–water partition coefficient (Wildman–Crippen LogP) is 16.3. The summed E-state index contributed by atoms with van der Waals surface area (Å²) in [5.74, 6) is 0. The largest absolute Gasteiger partial charge is 0.0633 e. The molecule has 12 aromatic carbocycles. The molecule has 0 saturated heterocycles. The summed E-state index contributed by atoms with van der Waals surface area (Å²) in [6.07, 6.45) is 0. The van der Waals surface area contributed by atoms with Crippen molar-refractivity contribution in [3.05, 3.63) is 192 Å². The first-order chi connectivity index (χ1) is 35.5. The van der Waals surface area contributed by atoms with Crippen molar-refractivity contribution in [2.45, 2.75) is 26.0 Å². The Morgan fingerprint density at radius 3 is 1.43 bits per heavy atom. The molecule has 0 amide bonds. The smallest absolute Gasteiger partial charge is 0.0613 e. The van der Waals surface area contributed by atoms with Crippen LogP contribution in [0.3, 0.4) is 0 Å². The van der Waals surface area contributed by atoms with Gasteiger partial charge >= 0.3 is 0 Å². The molecule has 12 aromatic rings. The quantitative estimate of drug-likeness (QED) is 0.158. The van der Waals surface area contributed by atoms with Gasteiger partial charge in [0.1, 0.15) is 0 Å². The van der Waals surface area contributed by atoms with Gasteiger partial charge in [-0.3, -0.25) is 0 Å². The second-order valence-electron chi connectivity index (χ2n) is 15.4. The molecule has 0 radical (unpaired) electrons. The van der Waals surface area contributed by atoms with Crippen LogP contribution in [0.5, 0.6) is 0 Å². The minimum atomic E-state index is -3.68. The molecule has 0 aromatic heterocycles. The molecule has 1 aliphatic rings. The molecule has 0 nitrogen and oxygen atoms in total. The van der Waals surface area contributed by atoms with E-state index in [0.717, 1.165) is 53.9 Å². The van der Waals surface area contributed by atoms with Crippen LogP contribution in [0.1, 0.15) is 53.7 Å². The fourth-order valence-electron chi connectivity index (χ4n) is 9.68. The molecule has 0 spiro atoms. The van der Waals surface area contributed by atoms with E-state index in [1.165, 1.54) is 6.92 Å². The van der Waals surface area contributed by atoms with Gasteiger partial charge in [0.25, 0.3) is 0 Å². The number of hydrogen-bond donors (Lipinski definition) is 0. The predicted molar refractivity (Wildman–Crippen MR) is 250 cm³/mol. The van der Waals surface area contributed by atoms with E-state index in [1.54, 1.807) is 18.2 Å². The number of rotatable bonds is 3. The van der Waals surface area contributed by atoms with Crippen molar-refractivity contribution >= 4 is 75.4 Å². The van der Waals surface area contributed by atoms with Crippen molar-refractivity contribution in [3.8, 4) is 44.5 Å². The molecule has 58 heavy (non-hydrogen) atoms. The number of hydrogen-bond acceptors (Lipinski definition) is 0. The molecule has 270 valence electrons. The van der Waals surface area contributed by atoms with E-state index in [9.17, 15) is 20.6 Å². The van der Waals surface area contributed by atoms with Crippen molar-refractivity contribution < 1.29 is 23.3 Å². The number of aryl methyl sites for hydroxylation is 1. The highest BCUT2D eigenvalue weighted by molar-refractivity contribution is 6.27. The Hall–Kier alpha value is -7.02. The number of benzene rings is 12. The highest BCUT2D eigenvalue weighted by Gasteiger charge is 2.36. The van der Waals surface area contributed by atoms with Gasteiger partial charge < -0.3 is 0 Å². The lowest BCUT2D eigenvalue weighted by atomic mass is 9.80. The summed E-state index contributed by atoms with van der Waals surface area (Å²) < 4.78 is 162. The van der Waals surface area contributed by atoms with Crippen molar-refractivity contribution in [3.63, 3.8) is 0 Å². The molecule has 0 N–H and O–H groups in total. The van der Waals surface area contributed by atoms with Crippen molar-refractivity contribution in [1.29, 1.82) is 0 Å². The molecule has 0 bridgehead atoms. The highest BCUT2D eigenvalue weighted by atomic mass is 14.4. The van der Waals surface area contributed by atoms with E-state index in [2.05, 4.69) is 0 Å². The zero-order valence-corrected chi connectivity index (χ0v) is 30.9. The monoisotopic (exact) mass is 751 g/mol. The molecule has 0 fully saturated rings. The first-order valence-electron chi connectivity index (χ1n) is 27.7. The molecule has 13 rings (SSSR count). The van der Waals surface area contributed by atoms with Crippen molar-refractivity contribution in [1.82, 2.24) is 0 Å². The average Bonchev–Trinajstić information content (AvgIpc) is 3.75. The van der Waals surface area contributed by atoms with Crippen LogP contribution in [0.2, 0.25) is 0 Å². The van der Waals surface area contributed by atoms with Gasteiger partial charge in [-0.2, -0.15) is 0 Å². The second kappa shape index (κ2) is 11.3.